The van der Waals surface area contributed by atoms with Crippen molar-refractivity contribution >= 4 is 35.5 Å². The van der Waals surface area contributed by atoms with Gasteiger partial charge in [0, 0.05) is 19.0 Å². The van der Waals surface area contributed by atoms with Gasteiger partial charge in [0.25, 0.3) is 5.91 Å². The van der Waals surface area contributed by atoms with Crippen LogP contribution in [0.1, 0.15) is 103 Å². The number of aliphatic hydroxyl groups is 1. The van der Waals surface area contributed by atoms with E-state index in [1.54, 1.807) is 12.1 Å². The minimum Gasteiger partial charge on any atom is -0.467 e. The Morgan fingerprint density at radius 1 is 0.741 bits per heavy atom. The number of unbranched alkanes of at least 4 members (excludes halogenated alkanes) is 1. The average Bonchev–Trinajstić information content (AvgIpc) is 3.20. The molecule has 5 amide bonds. The number of hydrogen-bond acceptors (Lipinski definition) is 9. The first-order valence-electron chi connectivity index (χ1n) is 20.4. The minimum absolute atomic E-state index is 0.0481. The number of methoxy groups -OCH3 is 1. The van der Waals surface area contributed by atoms with Gasteiger partial charge >= 0.3 is 5.97 Å². The summed E-state index contributed by atoms with van der Waals surface area (Å²) in [4.78, 5) is 84.4. The fraction of sp³-hybridized carbons (Fsp3) is 0.591. The molecule has 14 nitrogen and oxygen atoms in total. The number of rotatable bonds is 23. The van der Waals surface area contributed by atoms with E-state index < -0.39 is 72.3 Å². The van der Waals surface area contributed by atoms with Crippen LogP contribution < -0.4 is 21.3 Å². The largest absolute Gasteiger partial charge is 0.467 e. The Balaban J connectivity index is 2.29. The number of amides is 5. The Kier molecular flexibility index (Phi) is 20.6. The number of hydrogen-bond donors (Lipinski definition) is 5. The smallest absolute Gasteiger partial charge is 0.330 e. The van der Waals surface area contributed by atoms with E-state index in [9.17, 15) is 33.9 Å². The zero-order chi connectivity index (χ0) is 43.6. The van der Waals surface area contributed by atoms with Crippen LogP contribution in [0.5, 0.6) is 0 Å². The Bertz CT molecular complexity index is 1620. The molecule has 0 spiro atoms. The van der Waals surface area contributed by atoms with Crippen LogP contribution >= 0.6 is 0 Å². The predicted molar refractivity (Wildman–Crippen MR) is 225 cm³/mol. The SMILES string of the molecule is CCN(CC)CCCC[C@H](NC(=O)[C@H](CC(C)C)NC(=O)[C@H](C)N(C)C(=O)[C@H](Cc1ccccc1)NC(=O)c1ccc(C(C)(C)C)cc1)C(=O)N[C@@H](CO)C(=O)OC. The van der Waals surface area contributed by atoms with Crippen LogP contribution in [0.4, 0.5) is 0 Å². The van der Waals surface area contributed by atoms with E-state index in [-0.39, 0.29) is 30.6 Å². The summed E-state index contributed by atoms with van der Waals surface area (Å²) in [6.45, 7) is 17.5. The molecule has 14 heteroatoms. The molecule has 0 aliphatic carbocycles. The molecular weight excluding hydrogens is 741 g/mol. The summed E-state index contributed by atoms with van der Waals surface area (Å²) in [6, 6.07) is 10.9. The normalized spacial score (nSPS) is 14.1. The van der Waals surface area contributed by atoms with E-state index >= 15 is 0 Å². The van der Waals surface area contributed by atoms with Crippen LogP contribution in [-0.4, -0.2) is 121 Å². The molecule has 0 fully saturated rings. The number of likely N-dealkylation sites (N-methyl/N-ethyl adjacent to an activating group) is 1. The molecule has 0 aliphatic rings. The molecule has 2 aromatic carbocycles. The van der Waals surface area contributed by atoms with Gasteiger partial charge in [-0.25, -0.2) is 4.79 Å². The lowest BCUT2D eigenvalue weighted by molar-refractivity contribution is -0.146. The summed E-state index contributed by atoms with van der Waals surface area (Å²) < 4.78 is 4.69. The number of nitrogens with zero attached hydrogens (tertiary/aromatic N) is 2. The number of nitrogens with one attached hydrogen (secondary N) is 4. The van der Waals surface area contributed by atoms with Crippen LogP contribution in [0.25, 0.3) is 0 Å². The fourth-order valence-corrected chi connectivity index (χ4v) is 6.38. The third-order valence-corrected chi connectivity index (χ3v) is 10.3. The lowest BCUT2D eigenvalue weighted by atomic mass is 9.86. The van der Waals surface area contributed by atoms with Gasteiger partial charge in [-0.15, -0.1) is 0 Å². The maximum Gasteiger partial charge on any atom is 0.330 e. The highest BCUT2D eigenvalue weighted by Gasteiger charge is 2.34. The number of ether oxygens (including phenoxy) is 1. The van der Waals surface area contributed by atoms with E-state index in [1.807, 2.05) is 56.3 Å². The first-order chi connectivity index (χ1) is 27.4. The third kappa shape index (κ3) is 15.8. The summed E-state index contributed by atoms with van der Waals surface area (Å²) in [5.41, 5.74) is 2.16. The van der Waals surface area contributed by atoms with Crippen molar-refractivity contribution in [1.82, 2.24) is 31.1 Å². The molecule has 0 heterocycles. The minimum atomic E-state index is -1.32. The van der Waals surface area contributed by atoms with Crippen molar-refractivity contribution in [3.05, 3.63) is 71.3 Å². The molecule has 0 saturated heterocycles. The summed E-state index contributed by atoms with van der Waals surface area (Å²) in [5.74, 6) is -3.71. The molecule has 2 rings (SSSR count). The molecule has 322 valence electrons. The second kappa shape index (κ2) is 24.2. The lowest BCUT2D eigenvalue weighted by Gasteiger charge is -2.31. The van der Waals surface area contributed by atoms with E-state index in [1.165, 1.54) is 18.9 Å². The van der Waals surface area contributed by atoms with E-state index in [0.29, 0.717) is 12.0 Å². The monoisotopic (exact) mass is 809 g/mol. The standard InChI is InChI=1S/C44H68N6O8/c1-11-50(12-2)25-17-16-20-34(40(54)48-37(28-51)43(57)58-10)45-41(55)35(26-29(3)4)46-38(52)30(5)49(9)42(56)36(27-31-18-14-13-15-19-31)47-39(53)32-21-23-33(24-22-32)44(6,7)8/h13-15,18-19,21-24,29-30,34-37,51H,11-12,16-17,20,25-28H2,1-10H3,(H,45,55)(H,46,52)(H,47,53)(H,48,54)/t30-,34-,35-,36-,37-/m0/s1. The van der Waals surface area contributed by atoms with Crippen molar-refractivity contribution < 1.29 is 38.6 Å². The van der Waals surface area contributed by atoms with Crippen molar-refractivity contribution in [2.75, 3.05) is 40.4 Å². The van der Waals surface area contributed by atoms with Gasteiger partial charge in [-0.3, -0.25) is 24.0 Å². The van der Waals surface area contributed by atoms with Gasteiger partial charge < -0.3 is 40.9 Å². The van der Waals surface area contributed by atoms with Crippen molar-refractivity contribution in [3.63, 3.8) is 0 Å². The highest BCUT2D eigenvalue weighted by Crippen LogP contribution is 2.22. The number of aliphatic hydroxyl groups excluding tert-OH is 1. The van der Waals surface area contributed by atoms with Crippen molar-refractivity contribution in [3.8, 4) is 0 Å². The number of carbonyl (C=O) groups excluding carboxylic acids is 6. The second-order valence-corrected chi connectivity index (χ2v) is 16.2. The maximum atomic E-state index is 14.1. The Morgan fingerprint density at radius 3 is 1.84 bits per heavy atom. The van der Waals surface area contributed by atoms with Gasteiger partial charge in [-0.1, -0.05) is 90.9 Å². The predicted octanol–water partition coefficient (Wildman–Crippen LogP) is 3.35. The van der Waals surface area contributed by atoms with Crippen LogP contribution in [0.15, 0.2) is 54.6 Å². The van der Waals surface area contributed by atoms with Gasteiger partial charge in [-0.05, 0) is 86.8 Å². The summed E-state index contributed by atoms with van der Waals surface area (Å²) in [5, 5.41) is 20.6. The van der Waals surface area contributed by atoms with Gasteiger partial charge in [0.1, 0.15) is 24.2 Å². The lowest BCUT2D eigenvalue weighted by Crippen LogP contribution is -2.59. The van der Waals surface area contributed by atoms with Crippen LogP contribution in [0, 0.1) is 5.92 Å². The molecule has 0 saturated carbocycles. The molecule has 0 unspecified atom stereocenters. The highest BCUT2D eigenvalue weighted by molar-refractivity contribution is 5.99. The Labute approximate surface area is 345 Å². The fourth-order valence-electron chi connectivity index (χ4n) is 6.38. The highest BCUT2D eigenvalue weighted by atomic mass is 16.5. The number of esters is 1. The van der Waals surface area contributed by atoms with E-state index in [4.69, 9.17) is 4.74 Å². The Hall–Kier alpha value is -4.82. The summed E-state index contributed by atoms with van der Waals surface area (Å²) in [6.07, 6.45) is 1.96. The van der Waals surface area contributed by atoms with Crippen molar-refractivity contribution in [1.29, 1.82) is 0 Å². The van der Waals surface area contributed by atoms with Gasteiger partial charge in [0.15, 0.2) is 6.04 Å². The van der Waals surface area contributed by atoms with Gasteiger partial charge in [-0.2, -0.15) is 0 Å². The van der Waals surface area contributed by atoms with Crippen LogP contribution in [0.2, 0.25) is 0 Å². The molecule has 0 aliphatic heterocycles. The molecule has 0 radical (unpaired) electrons. The molecule has 5 N–H and O–H groups in total. The van der Waals surface area contributed by atoms with Gasteiger partial charge in [0.05, 0.1) is 13.7 Å². The van der Waals surface area contributed by atoms with Gasteiger partial charge in [0.2, 0.25) is 23.6 Å². The molecule has 5 atom stereocenters. The van der Waals surface area contributed by atoms with Crippen molar-refractivity contribution in [2.45, 2.75) is 123 Å². The third-order valence-electron chi connectivity index (χ3n) is 10.3. The number of benzene rings is 2. The van der Waals surface area contributed by atoms with Crippen LogP contribution in [0.3, 0.4) is 0 Å². The zero-order valence-electron chi connectivity index (χ0n) is 36.2. The molecule has 0 bridgehead atoms. The molecule has 2 aromatic rings. The summed E-state index contributed by atoms with van der Waals surface area (Å²) in [7, 11) is 2.62. The topological polar surface area (TPSA) is 186 Å². The maximum absolute atomic E-state index is 14.1. The van der Waals surface area contributed by atoms with E-state index in [0.717, 1.165) is 44.3 Å². The zero-order valence-corrected chi connectivity index (χ0v) is 36.2. The molecule has 0 aromatic heterocycles. The quantitative estimate of drug-likeness (QED) is 0.0830. The summed E-state index contributed by atoms with van der Waals surface area (Å²) >= 11 is 0. The molecular formula is C44H68N6O8. The first kappa shape index (κ1) is 49.3. The van der Waals surface area contributed by atoms with Crippen molar-refractivity contribution in [2.24, 2.45) is 5.92 Å². The average molecular weight is 809 g/mol. The second-order valence-electron chi connectivity index (χ2n) is 16.2. The number of carbonyl (C=O) groups is 6. The molecule has 58 heavy (non-hydrogen) atoms. The Morgan fingerprint density at radius 2 is 1.31 bits per heavy atom. The van der Waals surface area contributed by atoms with E-state index in [2.05, 4.69) is 60.8 Å². The van der Waals surface area contributed by atoms with Crippen LogP contribution in [-0.2, 0) is 40.5 Å². The first-order valence-corrected chi connectivity index (χ1v) is 20.4.